The maximum absolute atomic E-state index is 13.4. The zero-order valence-electron chi connectivity index (χ0n) is 14.7. The Morgan fingerprint density at radius 3 is 1.85 bits per heavy atom. The number of hydrogen-bond donors (Lipinski definition) is 1. The summed E-state index contributed by atoms with van der Waals surface area (Å²) in [6.07, 6.45) is 0.740. The predicted octanol–water partition coefficient (Wildman–Crippen LogP) is 5.50. The standard InChI is InChI=1S/C22H22N2OS/c1-2-21(26-20-15-13-17(23)14-16-20)22(25)24(18-9-5-3-6-10-18)19-11-7-4-8-12-19/h3-16,21H,2,23H2,1H3. The Hall–Kier alpha value is -2.72. The van der Waals surface area contributed by atoms with Gasteiger partial charge in [-0.05, 0) is 55.0 Å². The molecule has 3 rings (SSSR count). The molecule has 0 heterocycles. The van der Waals surface area contributed by atoms with Crippen molar-refractivity contribution < 1.29 is 4.79 Å². The minimum absolute atomic E-state index is 0.0757. The lowest BCUT2D eigenvalue weighted by molar-refractivity contribution is -0.117. The molecular formula is C22H22N2OS. The first kappa shape index (κ1) is 18.1. The van der Waals surface area contributed by atoms with E-state index in [1.165, 1.54) is 0 Å². The van der Waals surface area contributed by atoms with Crippen molar-refractivity contribution in [2.24, 2.45) is 0 Å². The molecule has 1 amide bonds. The van der Waals surface area contributed by atoms with E-state index < -0.39 is 0 Å². The largest absolute Gasteiger partial charge is 0.399 e. The van der Waals surface area contributed by atoms with Crippen molar-refractivity contribution in [1.82, 2.24) is 0 Å². The van der Waals surface area contributed by atoms with Gasteiger partial charge in [0.15, 0.2) is 0 Å². The zero-order chi connectivity index (χ0) is 18.4. The molecular weight excluding hydrogens is 340 g/mol. The number of benzene rings is 3. The average Bonchev–Trinajstić information content (AvgIpc) is 2.69. The van der Waals surface area contributed by atoms with E-state index in [9.17, 15) is 4.79 Å². The van der Waals surface area contributed by atoms with Gasteiger partial charge in [0, 0.05) is 22.0 Å². The van der Waals surface area contributed by atoms with E-state index in [4.69, 9.17) is 5.73 Å². The van der Waals surface area contributed by atoms with Gasteiger partial charge >= 0.3 is 0 Å². The Balaban J connectivity index is 1.91. The Morgan fingerprint density at radius 1 is 0.885 bits per heavy atom. The number of hydrogen-bond acceptors (Lipinski definition) is 3. The summed E-state index contributed by atoms with van der Waals surface area (Å²) in [5.41, 5.74) is 8.24. The number of anilines is 3. The first-order valence-electron chi connectivity index (χ1n) is 8.65. The van der Waals surface area contributed by atoms with Crippen LogP contribution in [0, 0.1) is 0 Å². The number of thioether (sulfide) groups is 1. The summed E-state index contributed by atoms with van der Waals surface area (Å²) in [5.74, 6) is 0.0757. The topological polar surface area (TPSA) is 46.3 Å². The Labute approximate surface area is 158 Å². The van der Waals surface area contributed by atoms with Gasteiger partial charge in [-0.15, -0.1) is 11.8 Å². The van der Waals surface area contributed by atoms with Crippen LogP contribution < -0.4 is 10.6 Å². The van der Waals surface area contributed by atoms with Crippen LogP contribution in [0.1, 0.15) is 13.3 Å². The highest BCUT2D eigenvalue weighted by Gasteiger charge is 2.26. The molecule has 3 nitrogen and oxygen atoms in total. The molecule has 3 aromatic rings. The van der Waals surface area contributed by atoms with E-state index >= 15 is 0 Å². The monoisotopic (exact) mass is 362 g/mol. The van der Waals surface area contributed by atoms with Crippen LogP contribution in [0.2, 0.25) is 0 Å². The summed E-state index contributed by atoms with van der Waals surface area (Å²) in [4.78, 5) is 16.3. The minimum atomic E-state index is -0.181. The van der Waals surface area contributed by atoms with Crippen LogP contribution in [0.4, 0.5) is 17.1 Å². The van der Waals surface area contributed by atoms with Crippen molar-refractivity contribution in [3.05, 3.63) is 84.9 Å². The van der Waals surface area contributed by atoms with Crippen molar-refractivity contribution in [2.45, 2.75) is 23.5 Å². The number of carbonyl (C=O) groups is 1. The summed E-state index contributed by atoms with van der Waals surface area (Å²) in [6, 6.07) is 27.2. The van der Waals surface area contributed by atoms with Crippen LogP contribution in [-0.4, -0.2) is 11.2 Å². The maximum Gasteiger partial charge on any atom is 0.245 e. The number of carbonyl (C=O) groups excluding carboxylic acids is 1. The summed E-state index contributed by atoms with van der Waals surface area (Å²) in [5, 5.41) is -0.181. The summed E-state index contributed by atoms with van der Waals surface area (Å²) >= 11 is 1.58. The molecule has 0 fully saturated rings. The fraction of sp³-hybridized carbons (Fsp3) is 0.136. The fourth-order valence-corrected chi connectivity index (χ4v) is 3.72. The average molecular weight is 362 g/mol. The molecule has 0 aromatic heterocycles. The molecule has 0 saturated carbocycles. The number of nitrogens with zero attached hydrogens (tertiary/aromatic N) is 1. The fourth-order valence-electron chi connectivity index (χ4n) is 2.72. The lowest BCUT2D eigenvalue weighted by Gasteiger charge is -2.27. The van der Waals surface area contributed by atoms with Crippen LogP contribution in [0.3, 0.4) is 0 Å². The van der Waals surface area contributed by atoms with Crippen LogP contribution in [-0.2, 0) is 4.79 Å². The number of rotatable bonds is 6. The normalized spacial score (nSPS) is 11.7. The van der Waals surface area contributed by atoms with Gasteiger partial charge < -0.3 is 5.73 Å². The van der Waals surface area contributed by atoms with Crippen molar-refractivity contribution in [3.8, 4) is 0 Å². The highest BCUT2D eigenvalue weighted by molar-refractivity contribution is 8.00. The smallest absolute Gasteiger partial charge is 0.245 e. The van der Waals surface area contributed by atoms with E-state index in [1.807, 2.05) is 91.9 Å². The third-order valence-electron chi connectivity index (χ3n) is 4.05. The molecule has 0 aliphatic rings. The second-order valence-corrected chi connectivity index (χ2v) is 7.20. The molecule has 0 radical (unpaired) electrons. The molecule has 0 aliphatic heterocycles. The second-order valence-electron chi connectivity index (χ2n) is 5.93. The van der Waals surface area contributed by atoms with Gasteiger partial charge in [0.05, 0.1) is 5.25 Å². The highest BCUT2D eigenvalue weighted by Crippen LogP contribution is 2.32. The first-order chi connectivity index (χ1) is 12.7. The second kappa shape index (κ2) is 8.59. The van der Waals surface area contributed by atoms with Gasteiger partial charge in [-0.3, -0.25) is 9.69 Å². The molecule has 0 bridgehead atoms. The van der Waals surface area contributed by atoms with Gasteiger partial charge in [-0.1, -0.05) is 43.3 Å². The van der Waals surface area contributed by atoms with E-state index in [0.717, 1.165) is 28.4 Å². The maximum atomic E-state index is 13.4. The lowest BCUT2D eigenvalue weighted by Crippen LogP contribution is -2.34. The SMILES string of the molecule is CCC(Sc1ccc(N)cc1)C(=O)N(c1ccccc1)c1ccccc1. The van der Waals surface area contributed by atoms with Gasteiger partial charge in [-0.25, -0.2) is 0 Å². The molecule has 4 heteroatoms. The van der Waals surface area contributed by atoms with Crippen molar-refractivity contribution in [2.75, 3.05) is 10.6 Å². The first-order valence-corrected chi connectivity index (χ1v) is 9.53. The van der Waals surface area contributed by atoms with Crippen LogP contribution in [0.25, 0.3) is 0 Å². The minimum Gasteiger partial charge on any atom is -0.399 e. The van der Waals surface area contributed by atoms with Gasteiger partial charge in [-0.2, -0.15) is 0 Å². The molecule has 26 heavy (non-hydrogen) atoms. The van der Waals surface area contributed by atoms with Crippen LogP contribution in [0.5, 0.6) is 0 Å². The Bertz CT molecular complexity index is 796. The molecule has 0 aliphatic carbocycles. The van der Waals surface area contributed by atoms with Crippen LogP contribution in [0.15, 0.2) is 89.8 Å². The predicted molar refractivity (Wildman–Crippen MR) is 111 cm³/mol. The van der Waals surface area contributed by atoms with Crippen LogP contribution >= 0.6 is 11.8 Å². The quantitative estimate of drug-likeness (QED) is 0.465. The molecule has 132 valence electrons. The number of nitrogens with two attached hydrogens (primary N) is 1. The van der Waals surface area contributed by atoms with Crippen molar-refractivity contribution in [3.63, 3.8) is 0 Å². The van der Waals surface area contributed by atoms with Crippen molar-refractivity contribution in [1.29, 1.82) is 0 Å². The molecule has 0 spiro atoms. The molecule has 1 atom stereocenters. The third kappa shape index (κ3) is 4.27. The lowest BCUT2D eigenvalue weighted by atomic mass is 10.2. The van der Waals surface area contributed by atoms with Gasteiger partial charge in [0.1, 0.15) is 0 Å². The van der Waals surface area contributed by atoms with Crippen molar-refractivity contribution >= 4 is 34.7 Å². The summed E-state index contributed by atoms with van der Waals surface area (Å²) < 4.78 is 0. The number of nitrogen functional groups attached to an aromatic ring is 1. The molecule has 1 unspecified atom stereocenters. The van der Waals surface area contributed by atoms with E-state index in [1.54, 1.807) is 16.7 Å². The molecule has 2 N–H and O–H groups in total. The number of amides is 1. The number of para-hydroxylation sites is 2. The Kier molecular flexibility index (Phi) is 5.97. The molecule has 3 aromatic carbocycles. The van der Waals surface area contributed by atoms with E-state index in [-0.39, 0.29) is 11.2 Å². The highest BCUT2D eigenvalue weighted by atomic mass is 32.2. The molecule has 0 saturated heterocycles. The summed E-state index contributed by atoms with van der Waals surface area (Å²) in [7, 11) is 0. The summed E-state index contributed by atoms with van der Waals surface area (Å²) in [6.45, 7) is 2.04. The van der Waals surface area contributed by atoms with E-state index in [0.29, 0.717) is 0 Å². The van der Waals surface area contributed by atoms with E-state index in [2.05, 4.69) is 0 Å². The zero-order valence-corrected chi connectivity index (χ0v) is 15.5. The third-order valence-corrected chi connectivity index (χ3v) is 5.42. The van der Waals surface area contributed by atoms with Gasteiger partial charge in [0.2, 0.25) is 5.91 Å². The van der Waals surface area contributed by atoms with Gasteiger partial charge in [0.25, 0.3) is 0 Å². The Morgan fingerprint density at radius 2 is 1.38 bits per heavy atom.